The average molecular weight is 708 g/mol. The van der Waals surface area contributed by atoms with E-state index in [1.807, 2.05) is 12.2 Å². The lowest BCUT2D eigenvalue weighted by Crippen LogP contribution is -2.33. The van der Waals surface area contributed by atoms with E-state index >= 15 is 0 Å². The molecular weight excluding hydrogens is 675 g/mol. The van der Waals surface area contributed by atoms with Gasteiger partial charge in [-0.3, -0.25) is 0 Å². The number of hydrogen-bond donors (Lipinski definition) is 0. The predicted molar refractivity (Wildman–Crippen MR) is 216 cm³/mol. The molecular formula is C45H33N5S2. The molecule has 1 aliphatic heterocycles. The van der Waals surface area contributed by atoms with Crippen LogP contribution < -0.4 is 4.90 Å². The lowest BCUT2D eigenvalue weighted by Gasteiger charge is -2.42. The maximum Gasteiger partial charge on any atom is 0.145 e. The number of allylic oxidation sites excluding steroid dienone is 3. The molecule has 5 nitrogen and oxygen atoms in total. The Bertz CT molecular complexity index is 2610. The van der Waals surface area contributed by atoms with Crippen LogP contribution in [0.1, 0.15) is 30.5 Å². The number of aromatic nitrogens is 2. The third-order valence-corrected chi connectivity index (χ3v) is 11.6. The number of aryl methyl sites for hydroxylation is 2. The molecule has 2 heterocycles. The molecule has 7 heteroatoms. The van der Waals surface area contributed by atoms with Crippen molar-refractivity contribution in [3.63, 3.8) is 0 Å². The zero-order valence-electron chi connectivity index (χ0n) is 29.3. The summed E-state index contributed by atoms with van der Waals surface area (Å²) in [5.41, 5.74) is 16.0. The summed E-state index contributed by atoms with van der Waals surface area (Å²) < 4.78 is 0. The van der Waals surface area contributed by atoms with Gasteiger partial charge in [0.05, 0.1) is 17.1 Å². The van der Waals surface area contributed by atoms with Gasteiger partial charge in [-0.05, 0) is 88.0 Å². The summed E-state index contributed by atoms with van der Waals surface area (Å²) in [5.74, 6) is 0. The van der Waals surface area contributed by atoms with Crippen LogP contribution >= 0.6 is 23.5 Å². The zero-order valence-corrected chi connectivity index (χ0v) is 30.9. The van der Waals surface area contributed by atoms with Gasteiger partial charge in [0.2, 0.25) is 0 Å². The van der Waals surface area contributed by atoms with Crippen molar-refractivity contribution >= 4 is 45.7 Å². The van der Waals surface area contributed by atoms with Crippen molar-refractivity contribution in [2.24, 2.45) is 0 Å². The molecule has 250 valence electrons. The molecule has 0 saturated carbocycles. The summed E-state index contributed by atoms with van der Waals surface area (Å²) in [4.78, 5) is 12.0. The van der Waals surface area contributed by atoms with Crippen LogP contribution in [-0.4, -0.2) is 9.97 Å². The molecule has 0 atom stereocenters. The van der Waals surface area contributed by atoms with Crippen molar-refractivity contribution in [3.8, 4) is 55.6 Å². The van der Waals surface area contributed by atoms with Gasteiger partial charge < -0.3 is 4.90 Å². The lowest BCUT2D eigenvalue weighted by molar-refractivity contribution is 0.621. The van der Waals surface area contributed by atoms with Crippen molar-refractivity contribution < 1.29 is 0 Å². The first kappa shape index (κ1) is 33.3. The zero-order chi connectivity index (χ0) is 36.3. The molecule has 0 radical (unpaired) electrons. The Balaban J connectivity index is 1.18. The Kier molecular flexibility index (Phi) is 8.15. The Morgan fingerprint density at radius 2 is 1.31 bits per heavy atom. The van der Waals surface area contributed by atoms with Gasteiger partial charge in [-0.15, -0.1) is 0 Å². The molecule has 0 bridgehead atoms. The average Bonchev–Trinajstić information content (AvgIpc) is 3.45. The van der Waals surface area contributed by atoms with Crippen LogP contribution in [0.4, 0.5) is 11.4 Å². The van der Waals surface area contributed by atoms with Gasteiger partial charge in [0, 0.05) is 56.8 Å². The number of thiocyanates is 2. The SMILES string of the molecule is C=CC1=C(C=C)C(C)(C)c2ccccc2N1c1ccc(-c2ccc(-c3ccc4c5c(cccc35)-c3nc(SC#N)c(SC#N)nc3-4)cc2C)c(C)c1. The highest BCUT2D eigenvalue weighted by atomic mass is 32.2. The summed E-state index contributed by atoms with van der Waals surface area (Å²) in [6.45, 7) is 17.3. The van der Waals surface area contributed by atoms with Crippen LogP contribution in [0.15, 0.2) is 138 Å². The number of nitriles is 2. The van der Waals surface area contributed by atoms with Gasteiger partial charge in [-0.25, -0.2) is 9.97 Å². The Morgan fingerprint density at radius 3 is 1.94 bits per heavy atom. The molecule has 1 aliphatic carbocycles. The van der Waals surface area contributed by atoms with E-state index in [2.05, 4.69) is 148 Å². The van der Waals surface area contributed by atoms with Crippen LogP contribution in [0, 0.1) is 35.2 Å². The number of rotatable bonds is 7. The molecule has 52 heavy (non-hydrogen) atoms. The first-order valence-electron chi connectivity index (χ1n) is 16.9. The molecule has 0 amide bonds. The summed E-state index contributed by atoms with van der Waals surface area (Å²) >= 11 is 1.87. The van der Waals surface area contributed by atoms with E-state index in [4.69, 9.17) is 9.97 Å². The summed E-state index contributed by atoms with van der Waals surface area (Å²) in [5, 5.41) is 26.0. The molecule has 2 aliphatic rings. The molecule has 1 aromatic heterocycles. The number of nitrogens with zero attached hydrogens (tertiary/aromatic N) is 5. The van der Waals surface area contributed by atoms with Crippen molar-refractivity contribution in [1.29, 1.82) is 10.5 Å². The largest absolute Gasteiger partial charge is 0.310 e. The first-order chi connectivity index (χ1) is 25.2. The first-order valence-corrected chi connectivity index (χ1v) is 18.6. The van der Waals surface area contributed by atoms with E-state index in [1.54, 1.807) is 0 Å². The topological polar surface area (TPSA) is 76.6 Å². The normalized spacial score (nSPS) is 13.7. The fourth-order valence-electron chi connectivity index (χ4n) is 8.03. The predicted octanol–water partition coefficient (Wildman–Crippen LogP) is 12.4. The van der Waals surface area contributed by atoms with Crippen molar-refractivity contribution in [1.82, 2.24) is 9.97 Å². The highest BCUT2D eigenvalue weighted by molar-refractivity contribution is 8.06. The Labute approximate surface area is 312 Å². The second-order valence-electron chi connectivity index (χ2n) is 13.5. The van der Waals surface area contributed by atoms with Crippen molar-refractivity contribution in [3.05, 3.63) is 144 Å². The summed E-state index contributed by atoms with van der Waals surface area (Å²) in [7, 11) is 0. The molecule has 0 unspecified atom stereocenters. The third-order valence-electron chi connectivity index (χ3n) is 10.4. The fraction of sp³-hybridized carbons (Fsp3) is 0.111. The van der Waals surface area contributed by atoms with E-state index < -0.39 is 0 Å². The minimum absolute atomic E-state index is 0.198. The third kappa shape index (κ3) is 5.00. The van der Waals surface area contributed by atoms with E-state index in [0.717, 1.165) is 90.6 Å². The second kappa shape index (κ2) is 12.7. The Hall–Kier alpha value is -5.86. The highest BCUT2D eigenvalue weighted by Crippen LogP contribution is 2.51. The molecule has 0 N–H and O–H groups in total. The molecule has 5 aromatic carbocycles. The van der Waals surface area contributed by atoms with E-state index in [9.17, 15) is 10.5 Å². The van der Waals surface area contributed by atoms with Crippen LogP contribution in [-0.2, 0) is 5.41 Å². The quantitative estimate of drug-likeness (QED) is 0.121. The standard InChI is InChI=1S/C45H33N5S2/c1-7-36-38(8-2)50(39-15-10-9-14-37(39)45(36,5)6)29-17-19-31(27(4)23-29)30-18-16-28(22-26(30)3)32-20-21-35-40-33(32)12-11-13-34(40)41-42(35)49-44(52-25-47)43(48-41)51-24-46/h7-23H,1-2H2,3-6H3. The maximum atomic E-state index is 9.37. The highest BCUT2D eigenvalue weighted by Gasteiger charge is 2.36. The van der Waals surface area contributed by atoms with Crippen LogP contribution in [0.25, 0.3) is 55.5 Å². The minimum Gasteiger partial charge on any atom is -0.310 e. The van der Waals surface area contributed by atoms with E-state index in [-0.39, 0.29) is 5.41 Å². The Morgan fingerprint density at radius 1 is 0.692 bits per heavy atom. The lowest BCUT2D eigenvalue weighted by atomic mass is 9.73. The second-order valence-corrected chi connectivity index (χ2v) is 15.1. The van der Waals surface area contributed by atoms with Gasteiger partial charge in [-0.1, -0.05) is 106 Å². The number of thioether (sulfide) groups is 2. The number of hydrogen-bond acceptors (Lipinski definition) is 7. The van der Waals surface area contributed by atoms with E-state index in [1.165, 1.54) is 27.8 Å². The van der Waals surface area contributed by atoms with Gasteiger partial charge in [-0.2, -0.15) is 10.5 Å². The van der Waals surface area contributed by atoms with Crippen LogP contribution in [0.2, 0.25) is 0 Å². The van der Waals surface area contributed by atoms with Gasteiger partial charge in [0.25, 0.3) is 0 Å². The summed E-state index contributed by atoms with van der Waals surface area (Å²) in [6.07, 6.45) is 3.92. The summed E-state index contributed by atoms with van der Waals surface area (Å²) in [6, 6.07) is 32.5. The fourth-order valence-corrected chi connectivity index (χ4v) is 8.99. The molecule has 6 aromatic rings. The minimum atomic E-state index is -0.198. The molecule has 0 saturated heterocycles. The smallest absolute Gasteiger partial charge is 0.145 e. The number of fused-ring (bicyclic) bond motifs is 4. The van der Waals surface area contributed by atoms with Gasteiger partial charge in [0.1, 0.15) is 20.9 Å². The molecule has 0 spiro atoms. The molecule has 0 fully saturated rings. The van der Waals surface area contributed by atoms with Gasteiger partial charge in [0.15, 0.2) is 0 Å². The van der Waals surface area contributed by atoms with Crippen molar-refractivity contribution in [2.75, 3.05) is 4.90 Å². The maximum absolute atomic E-state index is 9.37. The van der Waals surface area contributed by atoms with Gasteiger partial charge >= 0.3 is 0 Å². The number of anilines is 2. The monoisotopic (exact) mass is 707 g/mol. The number of benzene rings is 5. The number of para-hydroxylation sites is 1. The van der Waals surface area contributed by atoms with Crippen LogP contribution in [0.5, 0.6) is 0 Å². The molecule has 8 rings (SSSR count). The van der Waals surface area contributed by atoms with Crippen LogP contribution in [0.3, 0.4) is 0 Å². The van der Waals surface area contributed by atoms with E-state index in [0.29, 0.717) is 10.1 Å². The van der Waals surface area contributed by atoms with Crippen molar-refractivity contribution in [2.45, 2.75) is 43.2 Å².